The van der Waals surface area contributed by atoms with Gasteiger partial charge in [-0.25, -0.2) is 14.6 Å². The summed E-state index contributed by atoms with van der Waals surface area (Å²) in [5, 5.41) is 13.0. The van der Waals surface area contributed by atoms with Gasteiger partial charge in [0.05, 0.1) is 25.5 Å². The number of hydrogen-bond donors (Lipinski definition) is 1. The van der Waals surface area contributed by atoms with Crippen LogP contribution in [0.1, 0.15) is 5.56 Å². The maximum Gasteiger partial charge on any atom is 0.233 e. The van der Waals surface area contributed by atoms with Gasteiger partial charge in [0.1, 0.15) is 12.1 Å². The molecule has 3 rings (SSSR count). The van der Waals surface area contributed by atoms with Gasteiger partial charge in [0.2, 0.25) is 5.88 Å². The number of rotatable bonds is 5. The van der Waals surface area contributed by atoms with E-state index in [1.807, 2.05) is 30.3 Å². The number of aliphatic hydroxyl groups is 1. The Morgan fingerprint density at radius 2 is 2.00 bits per heavy atom. The van der Waals surface area contributed by atoms with Crippen LogP contribution in [0.4, 0.5) is 0 Å². The molecule has 0 atom stereocenters. The van der Waals surface area contributed by atoms with Crippen molar-refractivity contribution in [2.75, 3.05) is 6.61 Å². The lowest BCUT2D eigenvalue weighted by Gasteiger charge is -2.05. The Balaban J connectivity index is 1.76. The van der Waals surface area contributed by atoms with E-state index in [0.29, 0.717) is 30.2 Å². The Hall–Kier alpha value is -2.47. The van der Waals surface area contributed by atoms with Gasteiger partial charge in [-0.1, -0.05) is 30.3 Å². The summed E-state index contributed by atoms with van der Waals surface area (Å²) in [7, 11) is 0. The van der Waals surface area contributed by atoms with Crippen molar-refractivity contribution in [2.24, 2.45) is 0 Å². The molecule has 0 radical (unpaired) electrons. The lowest BCUT2D eigenvalue weighted by atomic mass is 10.2. The second-order valence-corrected chi connectivity index (χ2v) is 4.28. The van der Waals surface area contributed by atoms with Crippen LogP contribution in [0, 0.1) is 0 Å². The van der Waals surface area contributed by atoms with Gasteiger partial charge in [0.15, 0.2) is 5.65 Å². The number of aliphatic hydroxyl groups excluding tert-OH is 1. The Morgan fingerprint density at radius 3 is 2.80 bits per heavy atom. The molecule has 0 unspecified atom stereocenters. The van der Waals surface area contributed by atoms with Crippen LogP contribution in [-0.2, 0) is 13.2 Å². The van der Waals surface area contributed by atoms with Crippen LogP contribution in [0.25, 0.3) is 11.2 Å². The summed E-state index contributed by atoms with van der Waals surface area (Å²) in [6, 6.07) is 9.88. The molecule has 0 spiro atoms. The summed E-state index contributed by atoms with van der Waals surface area (Å²) in [4.78, 5) is 8.62. The van der Waals surface area contributed by atoms with Gasteiger partial charge in [-0.3, -0.25) is 0 Å². The largest absolute Gasteiger partial charge is 0.472 e. The Kier molecular flexibility index (Phi) is 3.56. The first-order valence-corrected chi connectivity index (χ1v) is 6.33. The average molecular weight is 270 g/mol. The van der Waals surface area contributed by atoms with Crippen molar-refractivity contribution in [3.63, 3.8) is 0 Å². The van der Waals surface area contributed by atoms with E-state index >= 15 is 0 Å². The maximum atomic E-state index is 8.93. The number of hydrogen-bond acceptors (Lipinski definition) is 5. The van der Waals surface area contributed by atoms with Gasteiger partial charge in [-0.05, 0) is 5.56 Å². The van der Waals surface area contributed by atoms with E-state index in [1.165, 1.54) is 0 Å². The van der Waals surface area contributed by atoms with Gasteiger partial charge in [-0.15, -0.1) is 0 Å². The SMILES string of the molecule is OCCn1ncc2nc(OCc3ccccc3)cnc21. The quantitative estimate of drug-likeness (QED) is 0.758. The fraction of sp³-hybridized carbons (Fsp3) is 0.214. The zero-order valence-electron chi connectivity index (χ0n) is 10.8. The molecule has 2 aromatic heterocycles. The molecule has 0 aliphatic rings. The van der Waals surface area contributed by atoms with E-state index < -0.39 is 0 Å². The van der Waals surface area contributed by atoms with Crippen LogP contribution in [0.5, 0.6) is 5.88 Å². The molecule has 1 N–H and O–H groups in total. The van der Waals surface area contributed by atoms with E-state index in [1.54, 1.807) is 17.1 Å². The van der Waals surface area contributed by atoms with Crippen LogP contribution in [0.15, 0.2) is 42.7 Å². The zero-order chi connectivity index (χ0) is 13.8. The number of nitrogens with zero attached hydrogens (tertiary/aromatic N) is 4. The Bertz CT molecular complexity index is 697. The fourth-order valence-electron chi connectivity index (χ4n) is 1.90. The molecular weight excluding hydrogens is 256 g/mol. The minimum atomic E-state index is 0.0186. The van der Waals surface area contributed by atoms with Crippen molar-refractivity contribution in [2.45, 2.75) is 13.2 Å². The molecule has 2 heterocycles. The topological polar surface area (TPSA) is 73.1 Å². The third-order valence-electron chi connectivity index (χ3n) is 2.86. The molecule has 0 aliphatic carbocycles. The normalized spacial score (nSPS) is 10.8. The minimum absolute atomic E-state index is 0.0186. The van der Waals surface area contributed by atoms with E-state index in [4.69, 9.17) is 9.84 Å². The third kappa shape index (κ3) is 2.60. The molecule has 6 nitrogen and oxygen atoms in total. The monoisotopic (exact) mass is 270 g/mol. The van der Waals surface area contributed by atoms with Crippen molar-refractivity contribution < 1.29 is 9.84 Å². The molecule has 0 saturated carbocycles. The first kappa shape index (κ1) is 12.6. The number of fused-ring (bicyclic) bond motifs is 1. The van der Waals surface area contributed by atoms with Crippen LogP contribution in [0.2, 0.25) is 0 Å². The highest BCUT2D eigenvalue weighted by molar-refractivity contribution is 5.69. The second kappa shape index (κ2) is 5.66. The predicted octanol–water partition coefficient (Wildman–Crippen LogP) is 1.40. The minimum Gasteiger partial charge on any atom is -0.472 e. The average Bonchev–Trinajstić information content (AvgIpc) is 2.89. The van der Waals surface area contributed by atoms with Crippen LogP contribution in [0.3, 0.4) is 0 Å². The molecule has 0 fully saturated rings. The molecule has 102 valence electrons. The third-order valence-corrected chi connectivity index (χ3v) is 2.86. The highest BCUT2D eigenvalue weighted by Gasteiger charge is 2.07. The van der Waals surface area contributed by atoms with Crippen molar-refractivity contribution >= 4 is 11.2 Å². The van der Waals surface area contributed by atoms with Gasteiger partial charge < -0.3 is 9.84 Å². The van der Waals surface area contributed by atoms with Gasteiger partial charge in [-0.2, -0.15) is 5.10 Å². The van der Waals surface area contributed by atoms with Gasteiger partial charge in [0, 0.05) is 0 Å². The summed E-state index contributed by atoms with van der Waals surface area (Å²) < 4.78 is 7.22. The first-order chi connectivity index (χ1) is 9.86. The van der Waals surface area contributed by atoms with E-state index in [-0.39, 0.29) is 6.61 Å². The highest BCUT2D eigenvalue weighted by atomic mass is 16.5. The molecule has 1 aromatic carbocycles. The summed E-state index contributed by atoms with van der Waals surface area (Å²) >= 11 is 0. The first-order valence-electron chi connectivity index (χ1n) is 6.33. The molecule has 0 amide bonds. The lowest BCUT2D eigenvalue weighted by Crippen LogP contribution is -2.05. The number of aromatic nitrogens is 4. The molecule has 3 aromatic rings. The molecule has 20 heavy (non-hydrogen) atoms. The van der Waals surface area contributed by atoms with Crippen LogP contribution >= 0.6 is 0 Å². The Labute approximate surface area is 115 Å². The van der Waals surface area contributed by atoms with E-state index in [0.717, 1.165) is 5.56 Å². The van der Waals surface area contributed by atoms with Crippen molar-refractivity contribution in [1.29, 1.82) is 0 Å². The number of ether oxygens (including phenoxy) is 1. The molecule has 0 bridgehead atoms. The van der Waals surface area contributed by atoms with E-state index in [2.05, 4.69) is 15.1 Å². The zero-order valence-corrected chi connectivity index (χ0v) is 10.8. The Morgan fingerprint density at radius 1 is 1.15 bits per heavy atom. The van der Waals surface area contributed by atoms with Gasteiger partial charge in [0.25, 0.3) is 0 Å². The maximum absolute atomic E-state index is 8.93. The van der Waals surface area contributed by atoms with Crippen molar-refractivity contribution in [3.8, 4) is 5.88 Å². The lowest BCUT2D eigenvalue weighted by molar-refractivity contribution is 0.271. The number of benzene rings is 1. The van der Waals surface area contributed by atoms with Crippen LogP contribution < -0.4 is 4.74 Å². The second-order valence-electron chi connectivity index (χ2n) is 4.28. The standard InChI is InChI=1S/C14H14N4O2/c19-7-6-18-14-12(8-16-18)17-13(9-15-14)20-10-11-4-2-1-3-5-11/h1-5,8-9,19H,6-7,10H2. The molecular formula is C14H14N4O2. The fourth-order valence-corrected chi connectivity index (χ4v) is 1.90. The summed E-state index contributed by atoms with van der Waals surface area (Å²) in [5.41, 5.74) is 2.38. The molecule has 0 aliphatic heterocycles. The van der Waals surface area contributed by atoms with Crippen molar-refractivity contribution in [1.82, 2.24) is 19.7 Å². The summed E-state index contributed by atoms with van der Waals surface area (Å²) in [5.74, 6) is 0.463. The predicted molar refractivity (Wildman–Crippen MR) is 73.2 cm³/mol. The van der Waals surface area contributed by atoms with E-state index in [9.17, 15) is 0 Å². The molecule has 6 heteroatoms. The van der Waals surface area contributed by atoms with Crippen LogP contribution in [-0.4, -0.2) is 31.5 Å². The van der Waals surface area contributed by atoms with Crippen molar-refractivity contribution in [3.05, 3.63) is 48.3 Å². The molecule has 0 saturated heterocycles. The highest BCUT2D eigenvalue weighted by Crippen LogP contribution is 2.14. The smallest absolute Gasteiger partial charge is 0.233 e. The summed E-state index contributed by atoms with van der Waals surface area (Å²) in [6.45, 7) is 0.874. The van der Waals surface area contributed by atoms with Gasteiger partial charge >= 0.3 is 0 Å². The summed E-state index contributed by atoms with van der Waals surface area (Å²) in [6.07, 6.45) is 3.19.